The highest BCUT2D eigenvalue weighted by Gasteiger charge is 2.13. The fourth-order valence-corrected chi connectivity index (χ4v) is 2.62. The Morgan fingerprint density at radius 2 is 2.15 bits per heavy atom. The molecule has 20 heavy (non-hydrogen) atoms. The first-order valence-corrected chi connectivity index (χ1v) is 7.00. The van der Waals surface area contributed by atoms with Crippen LogP contribution in [-0.2, 0) is 4.74 Å². The van der Waals surface area contributed by atoms with Crippen molar-refractivity contribution in [1.29, 1.82) is 0 Å². The Morgan fingerprint density at radius 3 is 2.70 bits per heavy atom. The van der Waals surface area contributed by atoms with E-state index in [2.05, 4.69) is 9.97 Å². The highest BCUT2D eigenvalue weighted by molar-refractivity contribution is 7.17. The van der Waals surface area contributed by atoms with E-state index >= 15 is 0 Å². The Labute approximate surface area is 121 Å². The zero-order chi connectivity index (χ0) is 14.5. The molecule has 0 aliphatic rings. The molecule has 0 atom stereocenters. The van der Waals surface area contributed by atoms with Crippen molar-refractivity contribution in [2.24, 2.45) is 0 Å². The Morgan fingerprint density at radius 1 is 1.35 bits per heavy atom. The largest absolute Gasteiger partial charge is 0.475 e. The third kappa shape index (κ3) is 3.40. The minimum Gasteiger partial charge on any atom is -0.475 e. The quantitative estimate of drug-likeness (QED) is 0.605. The van der Waals surface area contributed by atoms with Crippen molar-refractivity contribution in [1.82, 2.24) is 9.97 Å². The number of rotatable bonds is 6. The van der Waals surface area contributed by atoms with Crippen LogP contribution in [0.2, 0.25) is 0 Å². The average Bonchev–Trinajstić information content (AvgIpc) is 2.82. The molecule has 0 amide bonds. The van der Waals surface area contributed by atoms with Gasteiger partial charge in [-0.1, -0.05) is 0 Å². The topological polar surface area (TPSA) is 61.3 Å². The highest BCUT2D eigenvalue weighted by atomic mass is 32.1. The maximum Gasteiger partial charge on any atom is 0.213 e. The van der Waals surface area contributed by atoms with Crippen LogP contribution in [0.5, 0.6) is 5.88 Å². The van der Waals surface area contributed by atoms with Crippen LogP contribution in [-0.4, -0.2) is 36.1 Å². The second-order valence-electron chi connectivity index (χ2n) is 4.22. The number of aryl methyl sites for hydroxylation is 1. The van der Waals surface area contributed by atoms with Crippen LogP contribution in [0.3, 0.4) is 0 Å². The Hall–Kier alpha value is -1.79. The first kappa shape index (κ1) is 14.6. The first-order valence-electron chi connectivity index (χ1n) is 6.18. The summed E-state index contributed by atoms with van der Waals surface area (Å²) in [5.41, 5.74) is 1.64. The van der Waals surface area contributed by atoms with E-state index < -0.39 is 0 Å². The van der Waals surface area contributed by atoms with Gasteiger partial charge in [0.2, 0.25) is 5.88 Å². The van der Waals surface area contributed by atoms with Gasteiger partial charge in [-0.2, -0.15) is 0 Å². The lowest BCUT2D eigenvalue weighted by Gasteiger charge is -2.04. The zero-order valence-electron chi connectivity index (χ0n) is 11.7. The summed E-state index contributed by atoms with van der Waals surface area (Å²) in [6, 6.07) is 3.67. The van der Waals surface area contributed by atoms with Crippen molar-refractivity contribution in [3.05, 3.63) is 28.9 Å². The van der Waals surface area contributed by atoms with Crippen LogP contribution < -0.4 is 4.74 Å². The highest BCUT2D eigenvalue weighted by Crippen LogP contribution is 2.28. The molecule has 0 aromatic carbocycles. The fourth-order valence-electron chi connectivity index (χ4n) is 1.67. The summed E-state index contributed by atoms with van der Waals surface area (Å²) < 4.78 is 10.3. The molecule has 6 heteroatoms. The minimum atomic E-state index is 0.0405. The molecule has 0 aliphatic heterocycles. The van der Waals surface area contributed by atoms with Gasteiger partial charge >= 0.3 is 0 Å². The molecular formula is C14H16N2O3S. The number of hydrogen-bond donors (Lipinski definition) is 0. The third-order valence-electron chi connectivity index (χ3n) is 2.64. The van der Waals surface area contributed by atoms with Crippen LogP contribution >= 0.6 is 11.3 Å². The number of pyridine rings is 1. The summed E-state index contributed by atoms with van der Waals surface area (Å²) in [6.07, 6.45) is 1.70. The van der Waals surface area contributed by atoms with Crippen LogP contribution in [0.4, 0.5) is 0 Å². The molecule has 0 fully saturated rings. The second kappa shape index (κ2) is 6.58. The van der Waals surface area contributed by atoms with Crippen LogP contribution in [0, 0.1) is 6.92 Å². The Kier molecular flexibility index (Phi) is 4.81. The van der Waals surface area contributed by atoms with E-state index in [1.54, 1.807) is 26.3 Å². The van der Waals surface area contributed by atoms with Gasteiger partial charge < -0.3 is 9.47 Å². The smallest absolute Gasteiger partial charge is 0.213 e. The SMILES string of the molecule is COCCOc1ccc(-c2nc(C)c(C(C)=O)s2)cn1. The van der Waals surface area contributed by atoms with Crippen LogP contribution in [0.1, 0.15) is 22.3 Å². The summed E-state index contributed by atoms with van der Waals surface area (Å²) >= 11 is 1.39. The first-order chi connectivity index (χ1) is 9.61. The Bertz CT molecular complexity index is 593. The number of thiazole rings is 1. The van der Waals surface area contributed by atoms with Gasteiger partial charge in [0.25, 0.3) is 0 Å². The van der Waals surface area contributed by atoms with E-state index in [4.69, 9.17) is 9.47 Å². The molecule has 0 saturated heterocycles. The van der Waals surface area contributed by atoms with Crippen molar-refractivity contribution < 1.29 is 14.3 Å². The number of nitrogens with zero attached hydrogens (tertiary/aromatic N) is 2. The zero-order valence-corrected chi connectivity index (χ0v) is 12.5. The summed E-state index contributed by atoms with van der Waals surface area (Å²) in [4.78, 5) is 20.7. The summed E-state index contributed by atoms with van der Waals surface area (Å²) in [6.45, 7) is 4.38. The molecule has 2 heterocycles. The monoisotopic (exact) mass is 292 g/mol. The lowest BCUT2D eigenvalue weighted by molar-refractivity contribution is 0.102. The molecule has 2 aromatic rings. The molecule has 0 spiro atoms. The van der Waals surface area contributed by atoms with Crippen molar-refractivity contribution in [3.8, 4) is 16.5 Å². The molecule has 0 unspecified atom stereocenters. The van der Waals surface area contributed by atoms with Gasteiger partial charge in [-0.15, -0.1) is 11.3 Å². The average molecular weight is 292 g/mol. The van der Waals surface area contributed by atoms with Gasteiger partial charge in [-0.3, -0.25) is 4.79 Å². The predicted octanol–water partition coefficient (Wildman–Crippen LogP) is 2.74. The number of methoxy groups -OCH3 is 1. The van der Waals surface area contributed by atoms with Crippen molar-refractivity contribution in [2.75, 3.05) is 20.3 Å². The summed E-state index contributed by atoms with van der Waals surface area (Å²) in [5, 5.41) is 0.795. The predicted molar refractivity (Wildman–Crippen MR) is 77.5 cm³/mol. The van der Waals surface area contributed by atoms with Crippen molar-refractivity contribution in [3.63, 3.8) is 0 Å². The third-order valence-corrected chi connectivity index (χ3v) is 3.94. The van der Waals surface area contributed by atoms with Gasteiger partial charge in [0.05, 0.1) is 17.2 Å². The lowest BCUT2D eigenvalue weighted by atomic mass is 10.3. The summed E-state index contributed by atoms with van der Waals surface area (Å²) in [7, 11) is 1.62. The normalized spacial score (nSPS) is 10.6. The molecule has 5 nitrogen and oxygen atoms in total. The summed E-state index contributed by atoms with van der Waals surface area (Å²) in [5.74, 6) is 0.588. The van der Waals surface area contributed by atoms with Crippen LogP contribution in [0.25, 0.3) is 10.6 Å². The number of ether oxygens (including phenoxy) is 2. The second-order valence-corrected chi connectivity index (χ2v) is 5.22. The minimum absolute atomic E-state index is 0.0405. The molecule has 0 saturated carbocycles. The van der Waals surface area contributed by atoms with E-state index in [1.807, 2.05) is 13.0 Å². The van der Waals surface area contributed by atoms with E-state index in [-0.39, 0.29) is 5.78 Å². The number of carbonyl (C=O) groups excluding carboxylic acids is 1. The number of hydrogen-bond acceptors (Lipinski definition) is 6. The number of aromatic nitrogens is 2. The van der Waals surface area contributed by atoms with E-state index in [0.29, 0.717) is 24.0 Å². The van der Waals surface area contributed by atoms with Crippen molar-refractivity contribution in [2.45, 2.75) is 13.8 Å². The molecule has 0 radical (unpaired) electrons. The Balaban J connectivity index is 2.13. The maximum atomic E-state index is 11.4. The van der Waals surface area contributed by atoms with E-state index in [0.717, 1.165) is 16.3 Å². The molecule has 2 rings (SSSR count). The van der Waals surface area contributed by atoms with E-state index in [9.17, 15) is 4.79 Å². The molecular weight excluding hydrogens is 276 g/mol. The van der Waals surface area contributed by atoms with Crippen molar-refractivity contribution >= 4 is 17.1 Å². The maximum absolute atomic E-state index is 11.4. The fraction of sp³-hybridized carbons (Fsp3) is 0.357. The van der Waals surface area contributed by atoms with Gasteiger partial charge in [-0.25, -0.2) is 9.97 Å². The van der Waals surface area contributed by atoms with Gasteiger partial charge in [-0.05, 0) is 13.0 Å². The molecule has 0 N–H and O–H groups in total. The lowest BCUT2D eigenvalue weighted by Crippen LogP contribution is -2.05. The standard InChI is InChI=1S/C14H16N2O3S/c1-9-13(10(2)17)20-14(16-9)11-4-5-12(15-8-11)19-7-6-18-3/h4-5,8H,6-7H2,1-3H3. The van der Waals surface area contributed by atoms with E-state index in [1.165, 1.54) is 11.3 Å². The van der Waals surface area contributed by atoms with Crippen LogP contribution in [0.15, 0.2) is 18.3 Å². The van der Waals surface area contributed by atoms with Gasteiger partial charge in [0, 0.05) is 31.9 Å². The number of ketones is 1. The van der Waals surface area contributed by atoms with Gasteiger partial charge in [0.15, 0.2) is 5.78 Å². The number of carbonyl (C=O) groups is 1. The molecule has 0 bridgehead atoms. The van der Waals surface area contributed by atoms with Gasteiger partial charge in [0.1, 0.15) is 11.6 Å². The molecule has 2 aromatic heterocycles. The number of Topliss-reactive ketones (excluding diaryl/α,β-unsaturated/α-hetero) is 1. The molecule has 106 valence electrons. The molecule has 0 aliphatic carbocycles.